The summed E-state index contributed by atoms with van der Waals surface area (Å²) in [5.74, 6) is -1.16. The molecule has 4 nitrogen and oxygen atoms in total. The quantitative estimate of drug-likeness (QED) is 0.886. The predicted molar refractivity (Wildman–Crippen MR) is 76.3 cm³/mol. The van der Waals surface area contributed by atoms with Crippen molar-refractivity contribution in [3.8, 4) is 0 Å². The molecule has 4 heteroatoms. The molecule has 0 radical (unpaired) electrons. The number of carboxylic acids is 1. The highest BCUT2D eigenvalue weighted by molar-refractivity contribution is 5.88. The van der Waals surface area contributed by atoms with Crippen LogP contribution in [-0.2, 0) is 16.0 Å². The third-order valence-corrected chi connectivity index (χ3v) is 4.25. The first-order chi connectivity index (χ1) is 9.54. The number of benzene rings is 1. The molecule has 108 valence electrons. The molecule has 0 aliphatic heterocycles. The predicted octanol–water partition coefficient (Wildman–Crippen LogP) is 2.38. The number of nitrogens with one attached hydrogen (secondary N) is 1. The zero-order valence-electron chi connectivity index (χ0n) is 11.8. The maximum atomic E-state index is 12.2. The molecule has 1 saturated carbocycles. The summed E-state index contributed by atoms with van der Waals surface area (Å²) < 4.78 is 0. The molecular weight excluding hydrogens is 254 g/mol. The fourth-order valence-corrected chi connectivity index (χ4v) is 2.98. The lowest BCUT2D eigenvalue weighted by Crippen LogP contribution is -2.60. The van der Waals surface area contributed by atoms with Gasteiger partial charge in [0.2, 0.25) is 5.91 Å². The molecule has 2 atom stereocenters. The third-order valence-electron chi connectivity index (χ3n) is 4.25. The molecule has 1 aliphatic rings. The van der Waals surface area contributed by atoms with Crippen LogP contribution in [-0.4, -0.2) is 22.5 Å². The first-order valence-electron chi connectivity index (χ1n) is 7.13. The van der Waals surface area contributed by atoms with Gasteiger partial charge in [0.15, 0.2) is 0 Å². The van der Waals surface area contributed by atoms with Crippen molar-refractivity contribution in [1.82, 2.24) is 5.32 Å². The van der Waals surface area contributed by atoms with Crippen molar-refractivity contribution in [1.29, 1.82) is 0 Å². The van der Waals surface area contributed by atoms with Gasteiger partial charge in [0.25, 0.3) is 0 Å². The molecule has 0 bridgehead atoms. The number of hydrogen-bond donors (Lipinski definition) is 2. The van der Waals surface area contributed by atoms with Crippen molar-refractivity contribution in [3.05, 3.63) is 35.9 Å². The second-order valence-corrected chi connectivity index (χ2v) is 5.63. The maximum Gasteiger partial charge on any atom is 0.329 e. The molecule has 1 aliphatic carbocycles. The van der Waals surface area contributed by atoms with Crippen molar-refractivity contribution in [2.45, 2.75) is 44.6 Å². The van der Waals surface area contributed by atoms with Crippen LogP contribution in [0.3, 0.4) is 0 Å². The highest BCUT2D eigenvalue weighted by Gasteiger charge is 2.46. The van der Waals surface area contributed by atoms with Gasteiger partial charge in [-0.25, -0.2) is 4.79 Å². The molecule has 0 heterocycles. The lowest BCUT2D eigenvalue weighted by molar-refractivity contribution is -0.151. The van der Waals surface area contributed by atoms with Crippen molar-refractivity contribution in [2.75, 3.05) is 0 Å². The maximum absolute atomic E-state index is 12.2. The molecule has 0 spiro atoms. The number of carbonyl (C=O) groups excluding carboxylic acids is 1. The number of carboxylic acid groups (broad SMARTS) is 1. The second kappa shape index (κ2) is 6.07. The van der Waals surface area contributed by atoms with E-state index < -0.39 is 11.5 Å². The van der Waals surface area contributed by atoms with E-state index in [1.165, 1.54) is 0 Å². The van der Waals surface area contributed by atoms with Crippen molar-refractivity contribution in [3.63, 3.8) is 0 Å². The van der Waals surface area contributed by atoms with E-state index in [0.717, 1.165) is 24.8 Å². The van der Waals surface area contributed by atoms with Crippen LogP contribution >= 0.6 is 0 Å². The zero-order valence-corrected chi connectivity index (χ0v) is 11.8. The normalized spacial score (nSPS) is 25.9. The van der Waals surface area contributed by atoms with E-state index in [1.807, 2.05) is 37.3 Å². The Morgan fingerprint density at radius 3 is 2.60 bits per heavy atom. The molecule has 1 fully saturated rings. The average molecular weight is 275 g/mol. The van der Waals surface area contributed by atoms with Crippen LogP contribution in [0.1, 0.15) is 38.2 Å². The molecular formula is C16H21NO3. The standard InChI is InChI=1S/C16H21NO3/c1-12-7-5-6-10-16(12,15(19)20)17-14(18)11-13-8-3-2-4-9-13/h2-4,8-9,12H,5-7,10-11H2,1H3,(H,17,18)(H,19,20). The van der Waals surface area contributed by atoms with Crippen LogP contribution in [0.4, 0.5) is 0 Å². The van der Waals surface area contributed by atoms with Gasteiger partial charge in [0.05, 0.1) is 6.42 Å². The monoisotopic (exact) mass is 275 g/mol. The van der Waals surface area contributed by atoms with Gasteiger partial charge in [0.1, 0.15) is 5.54 Å². The van der Waals surface area contributed by atoms with Crippen LogP contribution in [0.5, 0.6) is 0 Å². The summed E-state index contributed by atoms with van der Waals surface area (Å²) >= 11 is 0. The third kappa shape index (κ3) is 3.00. The Balaban J connectivity index is 2.08. The Bertz CT molecular complexity index is 486. The lowest BCUT2D eigenvalue weighted by atomic mass is 9.73. The first-order valence-corrected chi connectivity index (χ1v) is 7.13. The highest BCUT2D eigenvalue weighted by Crippen LogP contribution is 2.34. The topological polar surface area (TPSA) is 66.4 Å². The Labute approximate surface area is 119 Å². The molecule has 0 saturated heterocycles. The van der Waals surface area contributed by atoms with Gasteiger partial charge in [-0.05, 0) is 24.3 Å². The summed E-state index contributed by atoms with van der Waals surface area (Å²) in [5, 5.41) is 12.4. The summed E-state index contributed by atoms with van der Waals surface area (Å²) in [4.78, 5) is 23.8. The van der Waals surface area contributed by atoms with Crippen LogP contribution < -0.4 is 5.32 Å². The van der Waals surface area contributed by atoms with Crippen LogP contribution in [0.15, 0.2) is 30.3 Å². The van der Waals surface area contributed by atoms with Gasteiger partial charge in [0, 0.05) is 0 Å². The Morgan fingerprint density at radius 2 is 2.00 bits per heavy atom. The molecule has 2 rings (SSSR count). The number of carbonyl (C=O) groups is 2. The highest BCUT2D eigenvalue weighted by atomic mass is 16.4. The van der Waals surface area contributed by atoms with Crippen LogP contribution in [0.25, 0.3) is 0 Å². The first kappa shape index (κ1) is 14.6. The number of hydrogen-bond acceptors (Lipinski definition) is 2. The molecule has 2 N–H and O–H groups in total. The SMILES string of the molecule is CC1CCCCC1(NC(=O)Cc1ccccc1)C(=O)O. The zero-order chi connectivity index (χ0) is 14.6. The fourth-order valence-electron chi connectivity index (χ4n) is 2.98. The molecule has 20 heavy (non-hydrogen) atoms. The summed E-state index contributed by atoms with van der Waals surface area (Å²) in [7, 11) is 0. The number of rotatable bonds is 4. The van der Waals surface area contributed by atoms with E-state index in [-0.39, 0.29) is 18.2 Å². The molecule has 1 aromatic rings. The summed E-state index contributed by atoms with van der Waals surface area (Å²) in [5.41, 5.74) is -0.196. The van der Waals surface area contributed by atoms with Crippen molar-refractivity contribution >= 4 is 11.9 Å². The van der Waals surface area contributed by atoms with Crippen molar-refractivity contribution < 1.29 is 14.7 Å². The van der Waals surface area contributed by atoms with Crippen LogP contribution in [0.2, 0.25) is 0 Å². The van der Waals surface area contributed by atoms with E-state index in [1.54, 1.807) is 0 Å². The number of aliphatic carboxylic acids is 1. The minimum atomic E-state index is -1.09. The van der Waals surface area contributed by atoms with E-state index >= 15 is 0 Å². The Kier molecular flexibility index (Phi) is 4.42. The largest absolute Gasteiger partial charge is 0.479 e. The number of amides is 1. The van der Waals surface area contributed by atoms with Gasteiger partial charge >= 0.3 is 5.97 Å². The van der Waals surface area contributed by atoms with Crippen molar-refractivity contribution in [2.24, 2.45) is 5.92 Å². The fraction of sp³-hybridized carbons (Fsp3) is 0.500. The smallest absolute Gasteiger partial charge is 0.329 e. The molecule has 1 aromatic carbocycles. The van der Waals surface area contributed by atoms with E-state index in [9.17, 15) is 14.7 Å². The minimum absolute atomic E-state index is 0.0338. The second-order valence-electron chi connectivity index (χ2n) is 5.63. The Morgan fingerprint density at radius 1 is 1.30 bits per heavy atom. The minimum Gasteiger partial charge on any atom is -0.479 e. The van der Waals surface area contributed by atoms with Gasteiger partial charge < -0.3 is 10.4 Å². The summed E-state index contributed by atoms with van der Waals surface area (Å²) in [6.45, 7) is 1.91. The summed E-state index contributed by atoms with van der Waals surface area (Å²) in [6, 6.07) is 9.38. The van der Waals surface area contributed by atoms with E-state index in [4.69, 9.17) is 0 Å². The van der Waals surface area contributed by atoms with Crippen LogP contribution in [0, 0.1) is 5.92 Å². The van der Waals surface area contributed by atoms with Gasteiger partial charge in [-0.3, -0.25) is 4.79 Å². The lowest BCUT2D eigenvalue weighted by Gasteiger charge is -2.39. The molecule has 0 aromatic heterocycles. The van der Waals surface area contributed by atoms with E-state index in [0.29, 0.717) is 6.42 Å². The van der Waals surface area contributed by atoms with Gasteiger partial charge in [-0.2, -0.15) is 0 Å². The van der Waals surface area contributed by atoms with Gasteiger partial charge in [-0.1, -0.05) is 50.1 Å². The Hall–Kier alpha value is -1.84. The van der Waals surface area contributed by atoms with E-state index in [2.05, 4.69) is 5.32 Å². The molecule has 1 amide bonds. The van der Waals surface area contributed by atoms with Gasteiger partial charge in [-0.15, -0.1) is 0 Å². The summed E-state index contributed by atoms with van der Waals surface area (Å²) in [6.07, 6.45) is 3.47. The average Bonchev–Trinajstić information content (AvgIpc) is 2.42. The molecule has 2 unspecified atom stereocenters.